The molecule has 0 spiro atoms. The van der Waals surface area contributed by atoms with Crippen molar-refractivity contribution in [3.05, 3.63) is 131 Å². The summed E-state index contributed by atoms with van der Waals surface area (Å²) in [7, 11) is 0. The van der Waals surface area contributed by atoms with Crippen molar-refractivity contribution in [2.24, 2.45) is 9.98 Å². The molecule has 1 aromatic heterocycles. The molecular weight excluding hydrogens is 488 g/mol. The predicted molar refractivity (Wildman–Crippen MR) is 149 cm³/mol. The van der Waals surface area contributed by atoms with Crippen LogP contribution in [0.5, 0.6) is 0 Å². The van der Waals surface area contributed by atoms with E-state index in [1.54, 1.807) is 0 Å². The van der Waals surface area contributed by atoms with Crippen molar-refractivity contribution in [3.63, 3.8) is 0 Å². The molecule has 39 heavy (non-hydrogen) atoms. The van der Waals surface area contributed by atoms with Crippen LogP contribution in [-0.4, -0.2) is 35.2 Å². The molecule has 5 aromatic rings. The molecule has 7 nitrogen and oxygen atoms in total. The lowest BCUT2D eigenvalue weighted by Gasteiger charge is -2.04. The Labute approximate surface area is 225 Å². The van der Waals surface area contributed by atoms with Crippen molar-refractivity contribution in [3.8, 4) is 22.9 Å². The highest BCUT2D eigenvalue weighted by Crippen LogP contribution is 2.30. The first kappa shape index (κ1) is 23.1. The Hall–Kier alpha value is -5.04. The molecule has 0 amide bonds. The van der Waals surface area contributed by atoms with E-state index in [1.807, 2.05) is 84.9 Å². The number of hydrogen-bond acceptors (Lipinski definition) is 7. The molecule has 0 radical (unpaired) electrons. The fourth-order valence-electron chi connectivity index (χ4n) is 4.78. The summed E-state index contributed by atoms with van der Waals surface area (Å²) in [6, 6.07) is 35.9. The van der Waals surface area contributed by atoms with Gasteiger partial charge in [0.05, 0.1) is 0 Å². The molecule has 7 rings (SSSR count). The average molecular weight is 513 g/mol. The van der Waals surface area contributed by atoms with Gasteiger partial charge in [0.15, 0.2) is 0 Å². The number of aromatic nitrogens is 2. The van der Waals surface area contributed by atoms with Crippen LogP contribution in [0.3, 0.4) is 0 Å². The molecule has 0 bridgehead atoms. The van der Waals surface area contributed by atoms with Gasteiger partial charge in [-0.25, -0.2) is 9.98 Å². The maximum Gasteiger partial charge on any atom is 0.248 e. The van der Waals surface area contributed by atoms with Gasteiger partial charge in [-0.15, -0.1) is 10.2 Å². The lowest BCUT2D eigenvalue weighted by atomic mass is 10.1. The van der Waals surface area contributed by atoms with Crippen LogP contribution in [0.25, 0.3) is 22.9 Å². The maximum absolute atomic E-state index is 6.09. The summed E-state index contributed by atoms with van der Waals surface area (Å²) in [6.07, 6.45) is 0. The standard InChI is InChI=1S/C32H24N4O3/c1-3-9-21(10-4-1)27-19-37-29(33-27)23-13-7-15-25(17-23)31-35-36-32(39-31)26-16-8-14-24(18-26)30-34-28(20-38-30)22-11-5-2-6-12-22/h1-18,27-28H,19-20H2/t27-,28-/m1/s1. The molecule has 2 aliphatic rings. The summed E-state index contributed by atoms with van der Waals surface area (Å²) in [4.78, 5) is 9.59. The van der Waals surface area contributed by atoms with Gasteiger partial charge in [0.2, 0.25) is 23.6 Å². The quantitative estimate of drug-likeness (QED) is 0.262. The second kappa shape index (κ2) is 10.0. The van der Waals surface area contributed by atoms with Crippen LogP contribution in [-0.2, 0) is 9.47 Å². The summed E-state index contributed by atoms with van der Waals surface area (Å²) in [6.45, 7) is 1.04. The van der Waals surface area contributed by atoms with Gasteiger partial charge in [-0.1, -0.05) is 72.8 Å². The zero-order chi connectivity index (χ0) is 26.0. The first-order valence-corrected chi connectivity index (χ1v) is 12.9. The molecule has 2 aliphatic heterocycles. The van der Waals surface area contributed by atoms with Crippen LogP contribution in [0.15, 0.2) is 124 Å². The van der Waals surface area contributed by atoms with Crippen molar-refractivity contribution in [2.45, 2.75) is 12.1 Å². The number of aliphatic imine (C=N–C) groups is 2. The molecule has 4 aromatic carbocycles. The SMILES string of the molecule is c1ccc([C@H]2COC(c3cccc(-c4nnc(-c5cccc(C6=N[C@@H](c7ccccc7)CO6)c5)o4)c3)=N2)cc1. The third-order valence-electron chi connectivity index (χ3n) is 6.81. The second-order valence-electron chi connectivity index (χ2n) is 9.42. The fourth-order valence-corrected chi connectivity index (χ4v) is 4.78. The summed E-state index contributed by atoms with van der Waals surface area (Å²) >= 11 is 0. The second-order valence-corrected chi connectivity index (χ2v) is 9.42. The van der Waals surface area contributed by atoms with E-state index in [0.717, 1.165) is 33.4 Å². The fraction of sp³-hybridized carbons (Fsp3) is 0.125. The molecular formula is C32H24N4O3. The molecule has 0 fully saturated rings. The zero-order valence-electron chi connectivity index (χ0n) is 21.0. The van der Waals surface area contributed by atoms with Gasteiger partial charge in [0, 0.05) is 22.3 Å². The normalized spacial score (nSPS) is 18.3. The molecule has 0 N–H and O–H groups in total. The Morgan fingerprint density at radius 2 is 0.923 bits per heavy atom. The van der Waals surface area contributed by atoms with E-state index < -0.39 is 0 Å². The van der Waals surface area contributed by atoms with E-state index in [4.69, 9.17) is 23.9 Å². The van der Waals surface area contributed by atoms with Crippen molar-refractivity contribution >= 4 is 11.8 Å². The van der Waals surface area contributed by atoms with Crippen molar-refractivity contribution in [2.75, 3.05) is 13.2 Å². The molecule has 190 valence electrons. The third-order valence-corrected chi connectivity index (χ3v) is 6.81. The Morgan fingerprint density at radius 1 is 0.487 bits per heavy atom. The highest BCUT2D eigenvalue weighted by atomic mass is 16.5. The Bertz CT molecular complexity index is 1550. The molecule has 0 aliphatic carbocycles. The van der Waals surface area contributed by atoms with Crippen LogP contribution in [0, 0.1) is 0 Å². The Morgan fingerprint density at radius 3 is 1.38 bits per heavy atom. The highest BCUT2D eigenvalue weighted by molar-refractivity contribution is 5.97. The molecule has 0 saturated heterocycles. The minimum absolute atomic E-state index is 0.0106. The van der Waals surface area contributed by atoms with Crippen molar-refractivity contribution in [1.82, 2.24) is 10.2 Å². The lowest BCUT2D eigenvalue weighted by Crippen LogP contribution is -2.01. The van der Waals surface area contributed by atoms with E-state index in [2.05, 4.69) is 34.5 Å². The largest absolute Gasteiger partial charge is 0.475 e. The number of nitrogens with zero attached hydrogens (tertiary/aromatic N) is 4. The number of hydrogen-bond donors (Lipinski definition) is 0. The van der Waals surface area contributed by atoms with Gasteiger partial charge in [0.25, 0.3) is 0 Å². The molecule has 2 atom stereocenters. The van der Waals surface area contributed by atoms with Crippen LogP contribution in [0.1, 0.15) is 34.3 Å². The smallest absolute Gasteiger partial charge is 0.248 e. The summed E-state index contributed by atoms with van der Waals surface area (Å²) < 4.78 is 17.9. The van der Waals surface area contributed by atoms with Gasteiger partial charge < -0.3 is 13.9 Å². The molecule has 7 heteroatoms. The topological polar surface area (TPSA) is 82.1 Å². The van der Waals surface area contributed by atoms with E-state index in [0.29, 0.717) is 36.8 Å². The lowest BCUT2D eigenvalue weighted by molar-refractivity contribution is 0.319. The maximum atomic E-state index is 6.09. The number of rotatable bonds is 6. The first-order chi connectivity index (χ1) is 19.3. The summed E-state index contributed by atoms with van der Waals surface area (Å²) in [5.74, 6) is 2.08. The van der Waals surface area contributed by atoms with Crippen LogP contribution >= 0.6 is 0 Å². The van der Waals surface area contributed by atoms with Gasteiger partial charge in [0.1, 0.15) is 25.3 Å². The first-order valence-electron chi connectivity index (χ1n) is 12.9. The Kier molecular flexibility index (Phi) is 5.94. The number of benzene rings is 4. The highest BCUT2D eigenvalue weighted by Gasteiger charge is 2.24. The van der Waals surface area contributed by atoms with E-state index in [1.165, 1.54) is 0 Å². The molecule has 0 saturated carbocycles. The van der Waals surface area contributed by atoms with E-state index in [9.17, 15) is 0 Å². The van der Waals surface area contributed by atoms with E-state index in [-0.39, 0.29) is 12.1 Å². The summed E-state index contributed by atoms with van der Waals surface area (Å²) in [5.41, 5.74) is 5.61. The van der Waals surface area contributed by atoms with Gasteiger partial charge in [-0.3, -0.25) is 0 Å². The van der Waals surface area contributed by atoms with Gasteiger partial charge >= 0.3 is 0 Å². The predicted octanol–water partition coefficient (Wildman–Crippen LogP) is 6.44. The third kappa shape index (κ3) is 4.70. The minimum Gasteiger partial charge on any atom is -0.475 e. The molecule has 3 heterocycles. The van der Waals surface area contributed by atoms with Gasteiger partial charge in [-0.2, -0.15) is 0 Å². The van der Waals surface area contributed by atoms with Crippen LogP contribution < -0.4 is 0 Å². The van der Waals surface area contributed by atoms with Crippen LogP contribution in [0.2, 0.25) is 0 Å². The van der Waals surface area contributed by atoms with E-state index >= 15 is 0 Å². The van der Waals surface area contributed by atoms with Crippen molar-refractivity contribution < 1.29 is 13.9 Å². The molecule has 0 unspecified atom stereocenters. The Balaban J connectivity index is 1.12. The minimum atomic E-state index is -0.0106. The zero-order valence-corrected chi connectivity index (χ0v) is 21.0. The monoisotopic (exact) mass is 512 g/mol. The average Bonchev–Trinajstić information content (AvgIpc) is 3.80. The van der Waals surface area contributed by atoms with Gasteiger partial charge in [-0.05, 0) is 47.5 Å². The summed E-state index contributed by atoms with van der Waals surface area (Å²) in [5, 5.41) is 8.63. The van der Waals surface area contributed by atoms with Crippen molar-refractivity contribution in [1.29, 1.82) is 0 Å². The number of ether oxygens (including phenoxy) is 2. The van der Waals surface area contributed by atoms with Crippen LogP contribution in [0.4, 0.5) is 0 Å².